The third kappa shape index (κ3) is 4.37. The molecule has 1 amide bonds. The van der Waals surface area contributed by atoms with Crippen LogP contribution in [0.15, 0.2) is 77.2 Å². The average Bonchev–Trinajstić information content (AvgIpc) is 3.35. The molecule has 1 aliphatic heterocycles. The first-order chi connectivity index (χ1) is 16.1. The van der Waals surface area contributed by atoms with Gasteiger partial charge in [-0.25, -0.2) is 0 Å². The molecule has 3 aromatic carbocycles. The van der Waals surface area contributed by atoms with Crippen molar-refractivity contribution in [2.75, 3.05) is 31.1 Å². The van der Waals surface area contributed by atoms with Crippen molar-refractivity contribution in [1.29, 1.82) is 0 Å². The van der Waals surface area contributed by atoms with Gasteiger partial charge in [-0.15, -0.1) is 10.2 Å². The molecule has 1 aromatic heterocycles. The summed E-state index contributed by atoms with van der Waals surface area (Å²) in [7, 11) is 0. The first kappa shape index (κ1) is 20.9. The Kier molecular flexibility index (Phi) is 5.65. The summed E-state index contributed by atoms with van der Waals surface area (Å²) >= 11 is 0. The Morgan fingerprint density at radius 3 is 1.94 bits per heavy atom. The molecule has 33 heavy (non-hydrogen) atoms. The van der Waals surface area contributed by atoms with Crippen molar-refractivity contribution in [2.45, 2.75) is 13.8 Å². The largest absolute Gasteiger partial charge is 0.416 e. The average molecular weight is 439 g/mol. The number of carbonyl (C=O) groups is 1. The lowest BCUT2D eigenvalue weighted by molar-refractivity contribution is 0.0747. The van der Waals surface area contributed by atoms with Crippen LogP contribution in [0.3, 0.4) is 0 Å². The molecule has 2 heterocycles. The van der Waals surface area contributed by atoms with Gasteiger partial charge in [-0.1, -0.05) is 35.9 Å². The van der Waals surface area contributed by atoms with Gasteiger partial charge < -0.3 is 14.2 Å². The number of aryl methyl sites for hydroxylation is 2. The second kappa shape index (κ2) is 8.90. The zero-order valence-electron chi connectivity index (χ0n) is 18.9. The first-order valence-electron chi connectivity index (χ1n) is 11.2. The van der Waals surface area contributed by atoms with Crippen LogP contribution in [0.5, 0.6) is 0 Å². The summed E-state index contributed by atoms with van der Waals surface area (Å²) in [5, 5.41) is 8.34. The van der Waals surface area contributed by atoms with E-state index in [0.29, 0.717) is 30.4 Å². The summed E-state index contributed by atoms with van der Waals surface area (Å²) in [5.74, 6) is 0.977. The predicted octanol–water partition coefficient (Wildman–Crippen LogP) is 4.98. The minimum atomic E-state index is 0.0526. The molecule has 1 aliphatic rings. The van der Waals surface area contributed by atoms with E-state index in [4.69, 9.17) is 4.42 Å². The van der Waals surface area contributed by atoms with Crippen molar-refractivity contribution < 1.29 is 9.21 Å². The van der Waals surface area contributed by atoms with Crippen LogP contribution >= 0.6 is 0 Å². The Balaban J connectivity index is 1.24. The number of amides is 1. The zero-order valence-corrected chi connectivity index (χ0v) is 18.9. The second-order valence-corrected chi connectivity index (χ2v) is 8.42. The van der Waals surface area contributed by atoms with Crippen molar-refractivity contribution in [2.24, 2.45) is 0 Å². The maximum absolute atomic E-state index is 13.0. The molecule has 0 radical (unpaired) electrons. The van der Waals surface area contributed by atoms with Crippen molar-refractivity contribution in [3.63, 3.8) is 0 Å². The second-order valence-electron chi connectivity index (χ2n) is 8.42. The fourth-order valence-corrected chi connectivity index (χ4v) is 4.16. The predicted molar refractivity (Wildman–Crippen MR) is 129 cm³/mol. The number of rotatable bonds is 4. The van der Waals surface area contributed by atoms with Gasteiger partial charge in [0, 0.05) is 48.6 Å². The van der Waals surface area contributed by atoms with E-state index in [1.807, 2.05) is 60.4 Å². The number of aromatic nitrogens is 2. The van der Waals surface area contributed by atoms with Gasteiger partial charge in [0.05, 0.1) is 0 Å². The van der Waals surface area contributed by atoms with Crippen molar-refractivity contribution >= 4 is 11.6 Å². The molecule has 0 bridgehead atoms. The SMILES string of the molecule is Cc1ccc(-c2nnc(-c3ccc(C(=O)N4CCN(c5ccccc5C)CC4)cc3)o2)cc1. The van der Waals surface area contributed by atoms with Gasteiger partial charge in [0.25, 0.3) is 5.91 Å². The van der Waals surface area contributed by atoms with Gasteiger partial charge in [-0.3, -0.25) is 4.79 Å². The number of piperazine rings is 1. The van der Waals surface area contributed by atoms with Crippen LogP contribution in [0, 0.1) is 13.8 Å². The monoisotopic (exact) mass is 438 g/mol. The van der Waals surface area contributed by atoms with E-state index in [9.17, 15) is 4.79 Å². The van der Waals surface area contributed by atoms with Crippen LogP contribution in [0.2, 0.25) is 0 Å². The highest BCUT2D eigenvalue weighted by molar-refractivity contribution is 5.94. The molecule has 0 N–H and O–H groups in total. The smallest absolute Gasteiger partial charge is 0.253 e. The van der Waals surface area contributed by atoms with Gasteiger partial charge in [0.15, 0.2) is 0 Å². The highest BCUT2D eigenvalue weighted by atomic mass is 16.4. The summed E-state index contributed by atoms with van der Waals surface area (Å²) in [6.45, 7) is 7.24. The van der Waals surface area contributed by atoms with Gasteiger partial charge in [-0.05, 0) is 61.9 Å². The Morgan fingerprint density at radius 2 is 1.33 bits per heavy atom. The normalized spacial score (nSPS) is 13.9. The Hall–Kier alpha value is -3.93. The fourth-order valence-electron chi connectivity index (χ4n) is 4.16. The van der Waals surface area contributed by atoms with Gasteiger partial charge in [-0.2, -0.15) is 0 Å². The van der Waals surface area contributed by atoms with E-state index >= 15 is 0 Å². The number of hydrogen-bond acceptors (Lipinski definition) is 5. The molecule has 5 rings (SSSR count). The Morgan fingerprint density at radius 1 is 0.758 bits per heavy atom. The molecule has 4 aromatic rings. The van der Waals surface area contributed by atoms with Crippen molar-refractivity contribution in [3.8, 4) is 22.9 Å². The molecule has 1 saturated heterocycles. The maximum Gasteiger partial charge on any atom is 0.253 e. The topological polar surface area (TPSA) is 62.5 Å². The van der Waals surface area contributed by atoms with E-state index in [1.54, 1.807) is 0 Å². The minimum Gasteiger partial charge on any atom is -0.416 e. The van der Waals surface area contributed by atoms with E-state index in [2.05, 4.69) is 46.3 Å². The maximum atomic E-state index is 13.0. The summed E-state index contributed by atoms with van der Waals surface area (Å²) in [6.07, 6.45) is 0. The van der Waals surface area contributed by atoms with Crippen LogP contribution in [-0.2, 0) is 0 Å². The highest BCUT2D eigenvalue weighted by Gasteiger charge is 2.23. The summed E-state index contributed by atoms with van der Waals surface area (Å²) in [4.78, 5) is 17.3. The molecule has 0 atom stereocenters. The molecule has 0 saturated carbocycles. The van der Waals surface area contributed by atoms with Crippen LogP contribution in [-0.4, -0.2) is 47.2 Å². The van der Waals surface area contributed by atoms with Crippen LogP contribution < -0.4 is 4.90 Å². The number of anilines is 1. The molecule has 0 aliphatic carbocycles. The van der Waals surface area contributed by atoms with Gasteiger partial charge in [0.2, 0.25) is 11.8 Å². The number of nitrogens with zero attached hydrogens (tertiary/aromatic N) is 4. The lowest BCUT2D eigenvalue weighted by Crippen LogP contribution is -2.49. The number of hydrogen-bond donors (Lipinski definition) is 0. The number of para-hydroxylation sites is 1. The summed E-state index contributed by atoms with van der Waals surface area (Å²) in [6, 6.07) is 23.7. The van der Waals surface area contributed by atoms with Crippen molar-refractivity contribution in [3.05, 3.63) is 89.5 Å². The zero-order chi connectivity index (χ0) is 22.8. The third-order valence-electron chi connectivity index (χ3n) is 6.13. The number of benzene rings is 3. The summed E-state index contributed by atoms with van der Waals surface area (Å²) in [5.41, 5.74) is 6.03. The Labute approximate surface area is 193 Å². The van der Waals surface area contributed by atoms with E-state index in [-0.39, 0.29) is 5.91 Å². The molecular weight excluding hydrogens is 412 g/mol. The highest BCUT2D eigenvalue weighted by Crippen LogP contribution is 2.25. The van der Waals surface area contributed by atoms with Crippen LogP contribution in [0.4, 0.5) is 5.69 Å². The van der Waals surface area contributed by atoms with Gasteiger partial charge >= 0.3 is 0 Å². The standard InChI is InChI=1S/C27H26N4O2/c1-19-7-9-21(10-8-19)25-28-29-26(33-25)22-11-13-23(14-12-22)27(32)31-17-15-30(16-18-31)24-6-4-3-5-20(24)2/h3-14H,15-18H2,1-2H3. The van der Waals surface area contributed by atoms with Gasteiger partial charge in [0.1, 0.15) is 0 Å². The molecule has 0 spiro atoms. The molecule has 0 unspecified atom stereocenters. The Bertz CT molecular complexity index is 1250. The number of carbonyl (C=O) groups excluding carboxylic acids is 1. The third-order valence-corrected chi connectivity index (χ3v) is 6.13. The molecule has 6 heteroatoms. The van der Waals surface area contributed by atoms with Crippen LogP contribution in [0.25, 0.3) is 22.9 Å². The molecular formula is C27H26N4O2. The van der Waals surface area contributed by atoms with E-state index in [1.165, 1.54) is 16.8 Å². The van der Waals surface area contributed by atoms with E-state index < -0.39 is 0 Å². The van der Waals surface area contributed by atoms with Crippen LogP contribution in [0.1, 0.15) is 21.5 Å². The fraction of sp³-hybridized carbons (Fsp3) is 0.222. The molecule has 6 nitrogen and oxygen atoms in total. The quantitative estimate of drug-likeness (QED) is 0.450. The molecule has 1 fully saturated rings. The molecule has 166 valence electrons. The van der Waals surface area contributed by atoms with Crippen molar-refractivity contribution in [1.82, 2.24) is 15.1 Å². The lowest BCUT2D eigenvalue weighted by atomic mass is 10.1. The summed E-state index contributed by atoms with van der Waals surface area (Å²) < 4.78 is 5.85. The first-order valence-corrected chi connectivity index (χ1v) is 11.2. The van der Waals surface area contributed by atoms with E-state index in [0.717, 1.165) is 24.2 Å². The lowest BCUT2D eigenvalue weighted by Gasteiger charge is -2.36. The minimum absolute atomic E-state index is 0.0526.